The Bertz CT molecular complexity index is 485. The lowest BCUT2D eigenvalue weighted by Gasteiger charge is -2.76. The highest BCUT2D eigenvalue weighted by molar-refractivity contribution is 8.92. The van der Waals surface area contributed by atoms with Crippen LogP contribution in [0.25, 0.3) is 0 Å². The third-order valence-electron chi connectivity index (χ3n) is 6.19. The van der Waals surface area contributed by atoms with E-state index in [1.807, 2.05) is 0 Å². The first-order valence-corrected chi connectivity index (χ1v) is 21.4. The van der Waals surface area contributed by atoms with Gasteiger partial charge in [0.05, 0.1) is 0 Å². The maximum absolute atomic E-state index is 3.18. The van der Waals surface area contributed by atoms with E-state index < -0.39 is 16.5 Å². The average molecular weight is 455 g/mol. The molecule has 0 saturated carbocycles. The second-order valence-corrected chi connectivity index (χ2v) is 28.0. The molecule has 28 heavy (non-hydrogen) atoms. The monoisotopic (exact) mass is 455 g/mol. The molecule has 0 aromatic rings. The smallest absolute Gasteiger partial charge is 0.254 e. The predicted octanol–water partition coefficient (Wildman–Crippen LogP) is 6.14. The van der Waals surface area contributed by atoms with Gasteiger partial charge < -0.3 is 13.8 Å². The largest absolute Gasteiger partial charge is 0.382 e. The minimum Gasteiger partial charge on any atom is -0.382 e. The van der Waals surface area contributed by atoms with Crippen LogP contribution in [0.4, 0.5) is 0 Å². The molecule has 0 aromatic carbocycles. The number of rotatable bonds is 9. The van der Waals surface area contributed by atoms with E-state index in [9.17, 15) is 0 Å². The molecule has 3 nitrogen and oxygen atoms in total. The fraction of sp³-hybridized carbons (Fsp3) is 1.00. The van der Waals surface area contributed by atoms with Crippen molar-refractivity contribution < 1.29 is 0 Å². The minimum absolute atomic E-state index is 0.0351. The van der Waals surface area contributed by atoms with Gasteiger partial charge in [0.25, 0.3) is 12.6 Å². The van der Waals surface area contributed by atoms with Crippen LogP contribution in [-0.4, -0.2) is 73.3 Å². The van der Waals surface area contributed by atoms with Crippen LogP contribution in [0, 0.1) is 0 Å². The molecule has 0 aromatic heterocycles. The van der Waals surface area contributed by atoms with Crippen LogP contribution < -0.4 is 0 Å². The highest BCUT2D eigenvalue weighted by atomic mass is 31.3. The second-order valence-electron chi connectivity index (χ2n) is 11.9. The minimum atomic E-state index is -1.31. The van der Waals surface area contributed by atoms with E-state index in [1.165, 1.54) is 0 Å². The molecule has 10 heteroatoms. The van der Waals surface area contributed by atoms with Gasteiger partial charge in [0.1, 0.15) is 16.5 Å². The van der Waals surface area contributed by atoms with Crippen molar-refractivity contribution in [3.63, 3.8) is 0 Å². The van der Waals surface area contributed by atoms with Crippen LogP contribution in [0.2, 0.25) is 39.3 Å². The van der Waals surface area contributed by atoms with Gasteiger partial charge in [-0.15, -0.1) is 15.1 Å². The van der Waals surface area contributed by atoms with E-state index in [0.29, 0.717) is 24.2 Å². The summed E-state index contributed by atoms with van der Waals surface area (Å²) in [5, 5.41) is 0. The van der Waals surface area contributed by atoms with Gasteiger partial charge in [0.2, 0.25) is 6.29 Å². The van der Waals surface area contributed by atoms with Crippen molar-refractivity contribution >= 4 is 50.4 Å². The first kappa shape index (κ1) is 25.6. The number of hydrogen-bond acceptors (Lipinski definition) is 3. The summed E-state index contributed by atoms with van der Waals surface area (Å²) < 4.78 is 3.18. The van der Waals surface area contributed by atoms with Crippen molar-refractivity contribution in [2.45, 2.75) is 119 Å². The summed E-state index contributed by atoms with van der Waals surface area (Å²) in [5.41, 5.74) is 0. The third-order valence-corrected chi connectivity index (χ3v) is 24.0. The molecule has 3 heterocycles. The molecule has 3 aliphatic heterocycles. The standard InChI is InChI=1S/C18H46B3N3P2Si2/c1-15(2)22(16(3)4)19-25-20(23(17(5)6)18(7)8)26(19)21(25)24(27(9,10)11)28(12,13)14/h15-18H,1-14H3. The Labute approximate surface area is 182 Å². The molecule has 0 amide bonds. The summed E-state index contributed by atoms with van der Waals surface area (Å²) in [4.78, 5) is 5.80. The molecule has 0 aliphatic carbocycles. The quantitative estimate of drug-likeness (QED) is 0.306. The molecule has 3 rings (SSSR count). The molecule has 0 spiro atoms. The normalized spacial score (nSPS) is 23.2. The van der Waals surface area contributed by atoms with E-state index in [1.54, 1.807) is 0 Å². The van der Waals surface area contributed by atoms with Crippen LogP contribution in [0.5, 0.6) is 0 Å². The Hall–Kier alpha value is 1.37. The lowest BCUT2D eigenvalue weighted by Crippen LogP contribution is -2.80. The molecule has 0 radical (unpaired) electrons. The average Bonchev–Trinajstić information content (AvgIpc) is 2.39. The van der Waals surface area contributed by atoms with E-state index >= 15 is 0 Å². The highest BCUT2D eigenvalue weighted by Crippen LogP contribution is 2.94. The maximum atomic E-state index is 3.18. The molecule has 2 bridgehead atoms. The molecule has 0 atom stereocenters. The molecular weight excluding hydrogens is 409 g/mol. The van der Waals surface area contributed by atoms with Gasteiger partial charge in [0, 0.05) is 0 Å². The third kappa shape index (κ3) is 4.45. The van der Waals surface area contributed by atoms with Gasteiger partial charge >= 0.3 is 0 Å². The van der Waals surface area contributed by atoms with E-state index in [2.05, 4.69) is 108 Å². The maximum Gasteiger partial charge on any atom is 0.254 e. The Morgan fingerprint density at radius 1 is 0.500 bits per heavy atom. The Morgan fingerprint density at radius 3 is 0.929 bits per heavy atom. The summed E-state index contributed by atoms with van der Waals surface area (Å²) in [7, 11) is -2.56. The van der Waals surface area contributed by atoms with Crippen molar-refractivity contribution in [2.75, 3.05) is 0 Å². The molecule has 3 aliphatic rings. The highest BCUT2D eigenvalue weighted by Gasteiger charge is 2.79. The van der Waals surface area contributed by atoms with Crippen molar-refractivity contribution in [3.05, 3.63) is 0 Å². The number of hydrogen-bond donors (Lipinski definition) is 0. The van der Waals surface area contributed by atoms with Crippen LogP contribution in [0.1, 0.15) is 55.4 Å². The summed E-state index contributed by atoms with van der Waals surface area (Å²) in [6.45, 7) is 35.0. The van der Waals surface area contributed by atoms with Crippen molar-refractivity contribution in [1.82, 2.24) is 13.8 Å². The molecular formula is C18H46B3N3P2Si2. The fourth-order valence-corrected chi connectivity index (χ4v) is 31.6. The Balaban J connectivity index is 2.41. The van der Waals surface area contributed by atoms with Gasteiger partial charge in [0.15, 0.2) is 0 Å². The van der Waals surface area contributed by atoms with Gasteiger partial charge in [-0.1, -0.05) is 94.7 Å². The molecule has 0 N–H and O–H groups in total. The molecule has 160 valence electrons. The molecule has 0 unspecified atom stereocenters. The van der Waals surface area contributed by atoms with Crippen LogP contribution in [-0.2, 0) is 0 Å². The van der Waals surface area contributed by atoms with E-state index in [4.69, 9.17) is 0 Å². The topological polar surface area (TPSA) is 9.72 Å². The summed E-state index contributed by atoms with van der Waals surface area (Å²) >= 11 is 0. The number of nitrogens with zero attached hydrogens (tertiary/aromatic N) is 3. The zero-order valence-electron chi connectivity index (χ0n) is 21.3. The second kappa shape index (κ2) is 8.72. The van der Waals surface area contributed by atoms with E-state index in [-0.39, 0.29) is 15.1 Å². The first-order chi connectivity index (χ1) is 12.5. The first-order valence-electron chi connectivity index (χ1n) is 11.4. The van der Waals surface area contributed by atoms with Crippen LogP contribution in [0.15, 0.2) is 0 Å². The van der Waals surface area contributed by atoms with Crippen molar-refractivity contribution in [2.24, 2.45) is 0 Å². The zero-order chi connectivity index (χ0) is 21.9. The van der Waals surface area contributed by atoms with Crippen LogP contribution >= 0.6 is 15.1 Å². The van der Waals surface area contributed by atoms with Crippen molar-refractivity contribution in [1.29, 1.82) is 0 Å². The van der Waals surface area contributed by atoms with Gasteiger partial charge in [-0.25, -0.2) is 0 Å². The van der Waals surface area contributed by atoms with Gasteiger partial charge in [-0.05, 0) is 24.2 Å². The summed E-state index contributed by atoms with van der Waals surface area (Å²) in [6, 6.07) is 2.67. The summed E-state index contributed by atoms with van der Waals surface area (Å²) in [5.74, 6) is 0. The van der Waals surface area contributed by atoms with E-state index in [0.717, 1.165) is 18.9 Å². The Morgan fingerprint density at radius 2 is 0.750 bits per heavy atom. The lowest BCUT2D eigenvalue weighted by molar-refractivity contribution is 0.309. The van der Waals surface area contributed by atoms with Crippen molar-refractivity contribution in [3.8, 4) is 0 Å². The molecule has 3 saturated heterocycles. The lowest BCUT2D eigenvalue weighted by atomic mass is 10.0. The SMILES string of the molecule is CC(C)N(B1P2B(N(C(C)C)C(C)C)P1B2N([Si](C)(C)C)[Si](C)(C)C)C(C)C. The Kier molecular flexibility index (Phi) is 7.98. The van der Waals surface area contributed by atoms with Gasteiger partial charge in [-0.3, -0.25) is 0 Å². The predicted molar refractivity (Wildman–Crippen MR) is 144 cm³/mol. The van der Waals surface area contributed by atoms with Gasteiger partial charge in [-0.2, -0.15) is 0 Å². The van der Waals surface area contributed by atoms with Crippen LogP contribution in [0.3, 0.4) is 0 Å². The zero-order valence-corrected chi connectivity index (χ0v) is 25.1. The molecule has 3 fully saturated rings. The fourth-order valence-electron chi connectivity index (χ4n) is 5.81. The summed E-state index contributed by atoms with van der Waals surface area (Å²) in [6.07, 6.45) is 2.78.